The molecule has 15 heavy (non-hydrogen) atoms. The Hall–Kier alpha value is -0.880. The van der Waals surface area contributed by atoms with Gasteiger partial charge in [0.25, 0.3) is 0 Å². The minimum atomic E-state index is -4.56. The Morgan fingerprint density at radius 2 is 2.00 bits per heavy atom. The Morgan fingerprint density at radius 1 is 1.33 bits per heavy atom. The molecule has 2 aromatic rings. The summed E-state index contributed by atoms with van der Waals surface area (Å²) in [5.74, 6) is -1.20. The van der Waals surface area contributed by atoms with Crippen molar-refractivity contribution in [1.29, 1.82) is 0 Å². The number of nitrogens with zero attached hydrogens (tertiary/aromatic N) is 2. The molecule has 2 nitrogen and oxygen atoms in total. The van der Waals surface area contributed by atoms with Gasteiger partial charge >= 0.3 is 6.18 Å². The molecule has 2 rings (SSSR count). The zero-order valence-electron chi connectivity index (χ0n) is 7.39. The molecule has 0 N–H and O–H groups in total. The van der Waals surface area contributed by atoms with E-state index in [-0.39, 0.29) is 10.7 Å². The van der Waals surface area contributed by atoms with Crippen LogP contribution in [0.1, 0.15) is 10.7 Å². The molecular formula is C8H4ClF3N2S. The van der Waals surface area contributed by atoms with Crippen LogP contribution in [0.2, 0.25) is 5.15 Å². The van der Waals surface area contributed by atoms with Gasteiger partial charge in [0, 0.05) is 4.88 Å². The summed E-state index contributed by atoms with van der Waals surface area (Å²) in [6.07, 6.45) is -4.56. The lowest BCUT2D eigenvalue weighted by Gasteiger charge is -2.04. The average Bonchev–Trinajstić information content (AvgIpc) is 2.44. The number of hydrogen-bond acceptors (Lipinski definition) is 3. The number of alkyl halides is 3. The largest absolute Gasteiger partial charge is 0.451 e. The Balaban J connectivity index is 2.72. The summed E-state index contributed by atoms with van der Waals surface area (Å²) in [7, 11) is 0. The molecule has 0 radical (unpaired) electrons. The fourth-order valence-corrected chi connectivity index (χ4v) is 2.27. The molecule has 2 heterocycles. The molecule has 7 heteroatoms. The fraction of sp³-hybridized carbons (Fsp3) is 0.250. The Bertz CT molecular complexity index is 520. The van der Waals surface area contributed by atoms with Gasteiger partial charge in [-0.05, 0) is 13.0 Å². The molecule has 0 atom stereocenters. The van der Waals surface area contributed by atoms with Crippen LogP contribution in [0.5, 0.6) is 0 Å². The zero-order valence-corrected chi connectivity index (χ0v) is 8.96. The summed E-state index contributed by atoms with van der Waals surface area (Å²) < 4.78 is 37.5. The molecule has 80 valence electrons. The Morgan fingerprint density at radius 3 is 2.60 bits per heavy atom. The highest BCUT2D eigenvalue weighted by molar-refractivity contribution is 7.19. The van der Waals surface area contributed by atoms with Gasteiger partial charge in [-0.2, -0.15) is 13.2 Å². The normalized spacial score (nSPS) is 12.3. The van der Waals surface area contributed by atoms with E-state index >= 15 is 0 Å². The molecule has 0 aliphatic heterocycles. The molecular weight excluding hydrogens is 249 g/mol. The second-order valence-electron chi connectivity index (χ2n) is 2.91. The van der Waals surface area contributed by atoms with Gasteiger partial charge in [-0.3, -0.25) is 0 Å². The third-order valence-electron chi connectivity index (χ3n) is 1.71. The van der Waals surface area contributed by atoms with Gasteiger partial charge in [-0.1, -0.05) is 11.6 Å². The number of aryl methyl sites for hydroxylation is 1. The lowest BCUT2D eigenvalue weighted by molar-refractivity contribution is -0.144. The third-order valence-corrected chi connectivity index (χ3v) is 3.14. The van der Waals surface area contributed by atoms with Crippen molar-refractivity contribution >= 4 is 33.2 Å². The van der Waals surface area contributed by atoms with Crippen molar-refractivity contribution in [2.24, 2.45) is 0 Å². The van der Waals surface area contributed by atoms with Crippen molar-refractivity contribution in [3.05, 3.63) is 21.9 Å². The van der Waals surface area contributed by atoms with Crippen molar-refractivity contribution < 1.29 is 13.2 Å². The predicted molar refractivity (Wildman–Crippen MR) is 52.2 cm³/mol. The molecule has 0 saturated carbocycles. The molecule has 0 aliphatic carbocycles. The Labute approximate surface area is 91.7 Å². The summed E-state index contributed by atoms with van der Waals surface area (Å²) in [6.45, 7) is 1.77. The van der Waals surface area contributed by atoms with Crippen LogP contribution in [0.15, 0.2) is 6.07 Å². The maximum Gasteiger partial charge on any atom is 0.451 e. The molecule has 0 bridgehead atoms. The van der Waals surface area contributed by atoms with Crippen LogP contribution in [-0.4, -0.2) is 9.97 Å². The minimum Gasteiger partial charge on any atom is -0.223 e. The summed E-state index contributed by atoms with van der Waals surface area (Å²) in [5.41, 5.74) is 0.241. The van der Waals surface area contributed by atoms with Crippen molar-refractivity contribution in [3.63, 3.8) is 0 Å². The summed E-state index contributed by atoms with van der Waals surface area (Å²) >= 11 is 6.91. The second-order valence-corrected chi connectivity index (χ2v) is 4.52. The number of rotatable bonds is 0. The van der Waals surface area contributed by atoms with E-state index in [1.165, 1.54) is 11.3 Å². The summed E-state index contributed by atoms with van der Waals surface area (Å²) in [6, 6.07) is 1.56. The standard InChI is InChI=1S/C8H4ClF3N2S/c1-3-2-4-5(15-3)6(9)14-7(13-4)8(10,11)12/h2H,1H3. The van der Waals surface area contributed by atoms with E-state index in [2.05, 4.69) is 9.97 Å². The monoisotopic (exact) mass is 252 g/mol. The minimum absolute atomic E-state index is 0.148. The third kappa shape index (κ3) is 1.91. The first-order valence-corrected chi connectivity index (χ1v) is 5.08. The second kappa shape index (κ2) is 3.31. The van der Waals surface area contributed by atoms with E-state index < -0.39 is 12.0 Å². The topological polar surface area (TPSA) is 25.8 Å². The molecule has 0 saturated heterocycles. The van der Waals surface area contributed by atoms with E-state index in [0.717, 1.165) is 4.88 Å². The van der Waals surface area contributed by atoms with E-state index in [1.807, 2.05) is 0 Å². The number of halogens is 4. The van der Waals surface area contributed by atoms with E-state index in [9.17, 15) is 13.2 Å². The smallest absolute Gasteiger partial charge is 0.223 e. The lowest BCUT2D eigenvalue weighted by Crippen LogP contribution is -2.10. The van der Waals surface area contributed by atoms with Crippen LogP contribution in [0.4, 0.5) is 13.2 Å². The van der Waals surface area contributed by atoms with Crippen LogP contribution >= 0.6 is 22.9 Å². The number of thiophene rings is 1. The van der Waals surface area contributed by atoms with Gasteiger partial charge < -0.3 is 0 Å². The van der Waals surface area contributed by atoms with Gasteiger partial charge in [0.2, 0.25) is 5.82 Å². The highest BCUT2D eigenvalue weighted by Gasteiger charge is 2.35. The number of aromatic nitrogens is 2. The molecule has 0 unspecified atom stereocenters. The predicted octanol–water partition coefficient (Wildman–Crippen LogP) is 3.67. The van der Waals surface area contributed by atoms with Gasteiger partial charge in [0.05, 0.1) is 10.2 Å². The maximum absolute atomic E-state index is 12.3. The van der Waals surface area contributed by atoms with Crippen LogP contribution < -0.4 is 0 Å². The highest BCUT2D eigenvalue weighted by Crippen LogP contribution is 2.33. The first-order valence-electron chi connectivity index (χ1n) is 3.89. The van der Waals surface area contributed by atoms with E-state index in [0.29, 0.717) is 4.70 Å². The molecule has 0 spiro atoms. The van der Waals surface area contributed by atoms with Crippen molar-refractivity contribution in [1.82, 2.24) is 9.97 Å². The first kappa shape index (κ1) is 10.6. The van der Waals surface area contributed by atoms with Crippen molar-refractivity contribution in [2.45, 2.75) is 13.1 Å². The summed E-state index contributed by atoms with van der Waals surface area (Å²) in [5, 5.41) is -0.148. The SMILES string of the molecule is Cc1cc2nc(C(F)(F)F)nc(Cl)c2s1. The van der Waals surface area contributed by atoms with Crippen LogP contribution in [-0.2, 0) is 6.18 Å². The zero-order chi connectivity index (χ0) is 11.2. The molecule has 0 aliphatic rings. The van der Waals surface area contributed by atoms with E-state index in [4.69, 9.17) is 11.6 Å². The van der Waals surface area contributed by atoms with E-state index in [1.54, 1.807) is 13.0 Å². The van der Waals surface area contributed by atoms with Crippen molar-refractivity contribution in [2.75, 3.05) is 0 Å². The Kier molecular flexibility index (Phi) is 2.35. The van der Waals surface area contributed by atoms with Gasteiger partial charge in [-0.25, -0.2) is 9.97 Å². The van der Waals surface area contributed by atoms with Crippen LogP contribution in [0.3, 0.4) is 0 Å². The number of fused-ring (bicyclic) bond motifs is 1. The highest BCUT2D eigenvalue weighted by atomic mass is 35.5. The molecule has 0 aromatic carbocycles. The average molecular weight is 253 g/mol. The summed E-state index contributed by atoms with van der Waals surface area (Å²) in [4.78, 5) is 7.49. The quantitative estimate of drug-likeness (QED) is 0.669. The maximum atomic E-state index is 12.3. The molecule has 2 aromatic heterocycles. The molecule has 0 fully saturated rings. The van der Waals surface area contributed by atoms with Gasteiger partial charge in [0.15, 0.2) is 5.15 Å². The molecule has 0 amide bonds. The first-order chi connectivity index (χ1) is 6.88. The lowest BCUT2D eigenvalue weighted by atomic mass is 10.4. The van der Waals surface area contributed by atoms with Crippen LogP contribution in [0, 0.1) is 6.92 Å². The van der Waals surface area contributed by atoms with Gasteiger partial charge in [0.1, 0.15) is 0 Å². The fourth-order valence-electron chi connectivity index (χ4n) is 1.14. The van der Waals surface area contributed by atoms with Crippen molar-refractivity contribution in [3.8, 4) is 0 Å². The van der Waals surface area contributed by atoms with Crippen LogP contribution in [0.25, 0.3) is 10.2 Å². The van der Waals surface area contributed by atoms with Gasteiger partial charge in [-0.15, -0.1) is 11.3 Å². The number of hydrogen-bond donors (Lipinski definition) is 0.